The summed E-state index contributed by atoms with van der Waals surface area (Å²) in [5.74, 6) is -1.02. The summed E-state index contributed by atoms with van der Waals surface area (Å²) in [7, 11) is -0.830. The van der Waals surface area contributed by atoms with Gasteiger partial charge in [0.2, 0.25) is 10.0 Å². The maximum atomic E-state index is 12.6. The van der Waals surface area contributed by atoms with Crippen molar-refractivity contribution in [3.63, 3.8) is 0 Å². The van der Waals surface area contributed by atoms with E-state index in [2.05, 4.69) is 23.0 Å². The first kappa shape index (κ1) is 21.2. The zero-order chi connectivity index (χ0) is 22.2. The number of aryl methyl sites for hydroxylation is 2. The lowest BCUT2D eigenvalue weighted by atomic mass is 9.91. The van der Waals surface area contributed by atoms with E-state index in [0.29, 0.717) is 4.88 Å². The van der Waals surface area contributed by atoms with E-state index in [-0.39, 0.29) is 10.5 Å². The fourth-order valence-corrected chi connectivity index (χ4v) is 5.55. The van der Waals surface area contributed by atoms with Crippen LogP contribution in [0.25, 0.3) is 10.4 Å². The molecule has 2 N–H and O–H groups in total. The number of hydrogen-bond donors (Lipinski definition) is 2. The maximum Gasteiger partial charge on any atom is 0.279 e. The van der Waals surface area contributed by atoms with Crippen LogP contribution in [-0.4, -0.2) is 38.6 Å². The fraction of sp³-hybridized carbons (Fsp3) is 0.182. The highest BCUT2D eigenvalue weighted by Gasteiger charge is 2.22. The maximum absolute atomic E-state index is 12.6. The third-order valence-electron chi connectivity index (χ3n) is 5.12. The van der Waals surface area contributed by atoms with E-state index in [0.717, 1.165) is 33.2 Å². The summed E-state index contributed by atoms with van der Waals surface area (Å²) in [5.41, 5.74) is 8.46. The van der Waals surface area contributed by atoms with Gasteiger partial charge in [-0.15, -0.1) is 11.3 Å². The van der Waals surface area contributed by atoms with E-state index in [9.17, 15) is 18.0 Å². The monoisotopic (exact) mass is 455 g/mol. The minimum Gasteiger partial charge on any atom is -0.267 e. The summed E-state index contributed by atoms with van der Waals surface area (Å²) in [6.45, 7) is 0. The molecule has 3 aromatic rings. The number of nitrogens with one attached hydrogen (secondary N) is 2. The molecule has 4 rings (SSSR count). The largest absolute Gasteiger partial charge is 0.279 e. The van der Waals surface area contributed by atoms with Gasteiger partial charge in [0.1, 0.15) is 0 Å². The number of carbonyl (C=O) groups excluding carboxylic acids is 2. The van der Waals surface area contributed by atoms with Gasteiger partial charge in [0.05, 0.1) is 9.77 Å². The van der Waals surface area contributed by atoms with Crippen LogP contribution in [0.5, 0.6) is 0 Å². The van der Waals surface area contributed by atoms with Crippen molar-refractivity contribution in [2.24, 2.45) is 0 Å². The Bertz CT molecular complexity index is 1280. The third kappa shape index (κ3) is 4.12. The molecule has 1 aliphatic carbocycles. The van der Waals surface area contributed by atoms with Gasteiger partial charge in [0.25, 0.3) is 11.8 Å². The number of rotatable bonds is 4. The van der Waals surface area contributed by atoms with E-state index < -0.39 is 21.8 Å². The number of hydrazine groups is 1. The molecule has 0 unspecified atom stereocenters. The second-order valence-electron chi connectivity index (χ2n) is 7.35. The average molecular weight is 456 g/mol. The SMILES string of the molecule is CN(C)S(=O)(=O)c1cccc(C(=O)NNC(=O)c2cc3c(s2)-c2ccccc2CC3)c1. The van der Waals surface area contributed by atoms with E-state index >= 15 is 0 Å². The van der Waals surface area contributed by atoms with Gasteiger partial charge in [-0.1, -0.05) is 30.3 Å². The molecular formula is C22H21N3O4S2. The second kappa shape index (κ2) is 8.26. The van der Waals surface area contributed by atoms with Crippen molar-refractivity contribution in [3.8, 4) is 10.4 Å². The van der Waals surface area contributed by atoms with Gasteiger partial charge in [-0.05, 0) is 53.8 Å². The molecule has 0 saturated heterocycles. The summed E-state index contributed by atoms with van der Waals surface area (Å²) in [6, 6.07) is 15.7. The number of sulfonamides is 1. The number of nitrogens with zero attached hydrogens (tertiary/aromatic N) is 1. The Morgan fingerprint density at radius 3 is 2.39 bits per heavy atom. The molecule has 0 fully saturated rings. The van der Waals surface area contributed by atoms with E-state index in [1.807, 2.05) is 18.2 Å². The highest BCUT2D eigenvalue weighted by molar-refractivity contribution is 7.89. The zero-order valence-electron chi connectivity index (χ0n) is 17.0. The summed E-state index contributed by atoms with van der Waals surface area (Å²) < 4.78 is 25.6. The molecule has 1 aromatic heterocycles. The van der Waals surface area contributed by atoms with Crippen LogP contribution in [0.15, 0.2) is 59.5 Å². The minimum atomic E-state index is -3.67. The molecule has 2 aromatic carbocycles. The van der Waals surface area contributed by atoms with Crippen molar-refractivity contribution in [3.05, 3.63) is 76.2 Å². The quantitative estimate of drug-likeness (QED) is 0.592. The van der Waals surface area contributed by atoms with E-state index in [1.54, 1.807) is 0 Å². The highest BCUT2D eigenvalue weighted by Crippen LogP contribution is 2.39. The number of benzene rings is 2. The minimum absolute atomic E-state index is 0.000994. The summed E-state index contributed by atoms with van der Waals surface area (Å²) >= 11 is 1.39. The first-order valence-corrected chi connectivity index (χ1v) is 11.9. The van der Waals surface area contributed by atoms with Gasteiger partial charge in [0.15, 0.2) is 0 Å². The molecule has 0 radical (unpaired) electrons. The summed E-state index contributed by atoms with van der Waals surface area (Å²) in [5, 5.41) is 0. The van der Waals surface area contributed by atoms with Crippen molar-refractivity contribution in [2.45, 2.75) is 17.7 Å². The van der Waals surface area contributed by atoms with Crippen molar-refractivity contribution >= 4 is 33.2 Å². The Balaban J connectivity index is 1.47. The molecule has 9 heteroatoms. The number of hydrogen-bond acceptors (Lipinski definition) is 5. The van der Waals surface area contributed by atoms with Crippen molar-refractivity contribution in [2.75, 3.05) is 14.1 Å². The molecule has 1 aliphatic rings. The molecule has 1 heterocycles. The van der Waals surface area contributed by atoms with Crippen LogP contribution < -0.4 is 10.9 Å². The topological polar surface area (TPSA) is 95.6 Å². The number of fused-ring (bicyclic) bond motifs is 3. The number of thiophene rings is 1. The third-order valence-corrected chi connectivity index (χ3v) is 8.14. The highest BCUT2D eigenvalue weighted by atomic mass is 32.2. The standard InChI is InChI=1S/C22H21N3O4S2/c1-25(2)31(28,29)17-8-5-7-16(12-17)21(26)23-24-22(27)19-13-15-11-10-14-6-3-4-9-18(14)20(15)30-19/h3-9,12-13H,10-11H2,1-2H3,(H,23,26)(H,24,27). The van der Waals surface area contributed by atoms with Crippen molar-refractivity contribution in [1.82, 2.24) is 15.2 Å². The van der Waals surface area contributed by atoms with Gasteiger partial charge in [-0.3, -0.25) is 20.4 Å². The zero-order valence-corrected chi connectivity index (χ0v) is 18.6. The van der Waals surface area contributed by atoms with Crippen LogP contribution in [0.3, 0.4) is 0 Å². The molecule has 0 spiro atoms. The van der Waals surface area contributed by atoms with Crippen LogP contribution >= 0.6 is 11.3 Å². The molecule has 0 bridgehead atoms. The predicted octanol–water partition coefficient (Wildman–Crippen LogP) is 2.84. The lowest BCUT2D eigenvalue weighted by molar-refractivity contribution is 0.0848. The predicted molar refractivity (Wildman–Crippen MR) is 119 cm³/mol. The Labute approximate surface area is 184 Å². The Morgan fingerprint density at radius 1 is 0.903 bits per heavy atom. The van der Waals surface area contributed by atoms with Crippen LogP contribution in [-0.2, 0) is 22.9 Å². The van der Waals surface area contributed by atoms with Gasteiger partial charge >= 0.3 is 0 Å². The number of amides is 2. The molecule has 7 nitrogen and oxygen atoms in total. The number of carbonyl (C=O) groups is 2. The van der Waals surface area contributed by atoms with Crippen LogP contribution in [0, 0.1) is 0 Å². The van der Waals surface area contributed by atoms with Gasteiger partial charge in [-0.2, -0.15) is 0 Å². The smallest absolute Gasteiger partial charge is 0.267 e. The Hall–Kier alpha value is -3.01. The summed E-state index contributed by atoms with van der Waals surface area (Å²) in [4.78, 5) is 26.7. The second-order valence-corrected chi connectivity index (χ2v) is 10.5. The molecule has 0 saturated carbocycles. The van der Waals surface area contributed by atoms with Gasteiger partial charge in [-0.25, -0.2) is 12.7 Å². The molecule has 0 atom stereocenters. The van der Waals surface area contributed by atoms with E-state index in [4.69, 9.17) is 0 Å². The Morgan fingerprint density at radius 2 is 1.61 bits per heavy atom. The first-order valence-electron chi connectivity index (χ1n) is 9.61. The van der Waals surface area contributed by atoms with Crippen LogP contribution in [0.2, 0.25) is 0 Å². The molecule has 160 valence electrons. The molecule has 2 amide bonds. The van der Waals surface area contributed by atoms with Crippen molar-refractivity contribution in [1.29, 1.82) is 0 Å². The van der Waals surface area contributed by atoms with Crippen molar-refractivity contribution < 1.29 is 18.0 Å². The van der Waals surface area contributed by atoms with Gasteiger partial charge < -0.3 is 0 Å². The molecule has 0 aliphatic heterocycles. The summed E-state index contributed by atoms with van der Waals surface area (Å²) in [6.07, 6.45) is 1.81. The van der Waals surface area contributed by atoms with Gasteiger partial charge in [0, 0.05) is 24.5 Å². The van der Waals surface area contributed by atoms with E-state index in [1.165, 1.54) is 55.3 Å². The van der Waals surface area contributed by atoms with Crippen LogP contribution in [0.1, 0.15) is 31.2 Å². The molecular weight excluding hydrogens is 434 g/mol. The van der Waals surface area contributed by atoms with Crippen LogP contribution in [0.4, 0.5) is 0 Å². The normalized spacial score (nSPS) is 12.7. The first-order chi connectivity index (χ1) is 14.8. The average Bonchev–Trinajstić information content (AvgIpc) is 3.22. The molecule has 31 heavy (non-hydrogen) atoms. The fourth-order valence-electron chi connectivity index (χ4n) is 3.44. The Kier molecular flexibility index (Phi) is 5.65. The lowest BCUT2D eigenvalue weighted by Gasteiger charge is -2.15. The lowest BCUT2D eigenvalue weighted by Crippen LogP contribution is -2.41.